The van der Waals surface area contributed by atoms with Crippen LogP contribution in [0, 0.1) is 5.92 Å². The Kier molecular flexibility index (Phi) is 4.62. The van der Waals surface area contributed by atoms with Gasteiger partial charge in [0.05, 0.1) is 5.92 Å². The van der Waals surface area contributed by atoms with E-state index in [9.17, 15) is 4.79 Å². The summed E-state index contributed by atoms with van der Waals surface area (Å²) in [6, 6.07) is 7.43. The van der Waals surface area contributed by atoms with E-state index in [0.717, 1.165) is 12.2 Å². The van der Waals surface area contributed by atoms with Crippen LogP contribution in [-0.2, 0) is 4.79 Å². The maximum atomic E-state index is 10.8. The number of halogens is 1. The highest BCUT2D eigenvalue weighted by Gasteiger charge is 2.15. The summed E-state index contributed by atoms with van der Waals surface area (Å²) in [6.07, 6.45) is 0. The number of benzene rings is 1. The first kappa shape index (κ1) is 12.8. The fourth-order valence-corrected chi connectivity index (χ4v) is 1.60. The molecule has 0 aliphatic heterocycles. The van der Waals surface area contributed by atoms with Crippen molar-refractivity contribution in [2.75, 3.05) is 18.0 Å². The molecule has 1 aromatic rings. The minimum atomic E-state index is -0.771. The predicted octanol–water partition coefficient (Wildman–Crippen LogP) is 2.89. The van der Waals surface area contributed by atoms with E-state index in [-0.39, 0.29) is 5.92 Å². The van der Waals surface area contributed by atoms with Gasteiger partial charge in [-0.25, -0.2) is 0 Å². The zero-order valence-electron chi connectivity index (χ0n) is 9.48. The molecule has 1 rings (SSSR count). The summed E-state index contributed by atoms with van der Waals surface area (Å²) in [6.45, 7) is 5.00. The molecular formula is C12H16ClNO2. The molecule has 16 heavy (non-hydrogen) atoms. The maximum absolute atomic E-state index is 10.8. The molecule has 1 N–H and O–H groups in total. The molecule has 0 heterocycles. The molecule has 4 heteroatoms. The second-order valence-electron chi connectivity index (χ2n) is 3.75. The summed E-state index contributed by atoms with van der Waals surface area (Å²) in [7, 11) is 0. The summed E-state index contributed by atoms with van der Waals surface area (Å²) in [5.41, 5.74) is 1.00. The number of anilines is 1. The average molecular weight is 242 g/mol. The number of carbonyl (C=O) groups is 1. The van der Waals surface area contributed by atoms with E-state index < -0.39 is 5.97 Å². The van der Waals surface area contributed by atoms with Gasteiger partial charge in [-0.1, -0.05) is 18.5 Å². The Hall–Kier alpha value is -1.22. The van der Waals surface area contributed by atoms with Crippen LogP contribution in [0.3, 0.4) is 0 Å². The van der Waals surface area contributed by atoms with Crippen molar-refractivity contribution in [3.05, 3.63) is 29.3 Å². The Morgan fingerprint density at radius 2 is 2.00 bits per heavy atom. The minimum absolute atomic E-state index is 0.379. The zero-order valence-corrected chi connectivity index (χ0v) is 10.2. The Labute approximate surface area is 101 Å². The number of nitrogens with zero attached hydrogens (tertiary/aromatic N) is 1. The smallest absolute Gasteiger partial charge is 0.308 e. The Bertz CT molecular complexity index is 351. The van der Waals surface area contributed by atoms with Gasteiger partial charge in [0.1, 0.15) is 0 Å². The van der Waals surface area contributed by atoms with E-state index in [1.807, 2.05) is 36.1 Å². The van der Waals surface area contributed by atoms with Crippen LogP contribution in [0.15, 0.2) is 24.3 Å². The van der Waals surface area contributed by atoms with Crippen LogP contribution in [-0.4, -0.2) is 24.2 Å². The van der Waals surface area contributed by atoms with E-state index >= 15 is 0 Å². The molecule has 0 spiro atoms. The van der Waals surface area contributed by atoms with Crippen molar-refractivity contribution in [1.29, 1.82) is 0 Å². The van der Waals surface area contributed by atoms with E-state index in [4.69, 9.17) is 16.7 Å². The van der Waals surface area contributed by atoms with Gasteiger partial charge in [0, 0.05) is 23.8 Å². The predicted molar refractivity (Wildman–Crippen MR) is 66.1 cm³/mol. The molecule has 0 amide bonds. The fraction of sp³-hybridized carbons (Fsp3) is 0.417. The normalized spacial score (nSPS) is 12.2. The number of rotatable bonds is 5. The van der Waals surface area contributed by atoms with Crippen molar-refractivity contribution in [3.63, 3.8) is 0 Å². The average Bonchev–Trinajstić information content (AvgIpc) is 2.26. The molecule has 1 aromatic carbocycles. The van der Waals surface area contributed by atoms with Gasteiger partial charge in [-0.05, 0) is 31.2 Å². The number of carboxylic acid groups (broad SMARTS) is 1. The van der Waals surface area contributed by atoms with Crippen molar-refractivity contribution in [2.45, 2.75) is 13.8 Å². The van der Waals surface area contributed by atoms with Gasteiger partial charge in [-0.3, -0.25) is 4.79 Å². The maximum Gasteiger partial charge on any atom is 0.308 e. The molecule has 0 aromatic heterocycles. The van der Waals surface area contributed by atoms with Crippen LogP contribution in [0.4, 0.5) is 5.69 Å². The molecule has 0 saturated heterocycles. The van der Waals surface area contributed by atoms with E-state index in [1.54, 1.807) is 6.92 Å². The van der Waals surface area contributed by atoms with Gasteiger partial charge in [-0.2, -0.15) is 0 Å². The molecule has 88 valence electrons. The zero-order chi connectivity index (χ0) is 12.1. The molecule has 0 radical (unpaired) electrons. The summed E-state index contributed by atoms with van der Waals surface area (Å²) < 4.78 is 0. The molecule has 0 bridgehead atoms. The minimum Gasteiger partial charge on any atom is -0.481 e. The first-order valence-electron chi connectivity index (χ1n) is 5.28. The van der Waals surface area contributed by atoms with Crippen LogP contribution in [0.5, 0.6) is 0 Å². The van der Waals surface area contributed by atoms with Crippen molar-refractivity contribution in [1.82, 2.24) is 0 Å². The molecule has 1 atom stereocenters. The standard InChI is InChI=1S/C12H16ClNO2/c1-3-14(8-9(2)12(15)16)11-6-4-10(13)5-7-11/h4-7,9H,3,8H2,1-2H3,(H,15,16). The molecule has 0 fully saturated rings. The largest absolute Gasteiger partial charge is 0.481 e. The third-order valence-corrected chi connectivity index (χ3v) is 2.74. The number of carboxylic acids is 1. The van der Waals surface area contributed by atoms with Gasteiger partial charge in [0.25, 0.3) is 0 Å². The Morgan fingerprint density at radius 1 is 1.44 bits per heavy atom. The third-order valence-electron chi connectivity index (χ3n) is 2.49. The van der Waals surface area contributed by atoms with E-state index in [2.05, 4.69) is 0 Å². The van der Waals surface area contributed by atoms with Crippen LogP contribution >= 0.6 is 11.6 Å². The quantitative estimate of drug-likeness (QED) is 0.862. The highest BCUT2D eigenvalue weighted by atomic mass is 35.5. The molecule has 1 unspecified atom stereocenters. The second kappa shape index (κ2) is 5.75. The summed E-state index contributed by atoms with van der Waals surface area (Å²) in [5, 5.41) is 9.56. The van der Waals surface area contributed by atoms with Crippen LogP contribution in [0.25, 0.3) is 0 Å². The van der Waals surface area contributed by atoms with Crippen LogP contribution < -0.4 is 4.90 Å². The molecule has 0 saturated carbocycles. The van der Waals surface area contributed by atoms with Crippen molar-refractivity contribution in [2.24, 2.45) is 5.92 Å². The summed E-state index contributed by atoms with van der Waals surface area (Å²) >= 11 is 5.80. The molecule has 0 aliphatic carbocycles. The summed E-state index contributed by atoms with van der Waals surface area (Å²) in [5.74, 6) is -1.15. The van der Waals surface area contributed by atoms with E-state index in [0.29, 0.717) is 11.6 Å². The number of hydrogen-bond donors (Lipinski definition) is 1. The SMILES string of the molecule is CCN(CC(C)C(=O)O)c1ccc(Cl)cc1. The Balaban J connectivity index is 2.74. The van der Waals surface area contributed by atoms with Crippen LogP contribution in [0.1, 0.15) is 13.8 Å². The number of hydrogen-bond acceptors (Lipinski definition) is 2. The first-order chi connectivity index (χ1) is 7.54. The van der Waals surface area contributed by atoms with Gasteiger partial charge in [-0.15, -0.1) is 0 Å². The number of aliphatic carboxylic acids is 1. The highest BCUT2D eigenvalue weighted by molar-refractivity contribution is 6.30. The molecule has 3 nitrogen and oxygen atoms in total. The topological polar surface area (TPSA) is 40.5 Å². The van der Waals surface area contributed by atoms with Crippen molar-refractivity contribution in [3.8, 4) is 0 Å². The highest BCUT2D eigenvalue weighted by Crippen LogP contribution is 2.18. The van der Waals surface area contributed by atoms with Gasteiger partial charge >= 0.3 is 5.97 Å². The fourth-order valence-electron chi connectivity index (χ4n) is 1.48. The van der Waals surface area contributed by atoms with Gasteiger partial charge in [0.2, 0.25) is 0 Å². The first-order valence-corrected chi connectivity index (χ1v) is 5.65. The second-order valence-corrected chi connectivity index (χ2v) is 4.19. The van der Waals surface area contributed by atoms with Crippen molar-refractivity contribution < 1.29 is 9.90 Å². The lowest BCUT2D eigenvalue weighted by molar-refractivity contribution is -0.140. The lowest BCUT2D eigenvalue weighted by atomic mass is 10.1. The van der Waals surface area contributed by atoms with E-state index in [1.165, 1.54) is 0 Å². The van der Waals surface area contributed by atoms with Gasteiger partial charge in [0.15, 0.2) is 0 Å². The lowest BCUT2D eigenvalue weighted by Crippen LogP contribution is -2.31. The lowest BCUT2D eigenvalue weighted by Gasteiger charge is -2.25. The third kappa shape index (κ3) is 3.42. The monoisotopic (exact) mass is 241 g/mol. The molecule has 0 aliphatic rings. The summed E-state index contributed by atoms with van der Waals surface area (Å²) in [4.78, 5) is 12.8. The molecular weight excluding hydrogens is 226 g/mol. The van der Waals surface area contributed by atoms with Crippen LogP contribution in [0.2, 0.25) is 5.02 Å². The van der Waals surface area contributed by atoms with Gasteiger partial charge < -0.3 is 10.0 Å². The Morgan fingerprint density at radius 3 is 2.44 bits per heavy atom. The van der Waals surface area contributed by atoms with Crippen molar-refractivity contribution >= 4 is 23.3 Å².